The highest BCUT2D eigenvalue weighted by Crippen LogP contribution is 2.32. The average Bonchev–Trinajstić information content (AvgIpc) is 2.58. The molecule has 0 aliphatic heterocycles. The Balaban J connectivity index is 1.85. The second kappa shape index (κ2) is 8.94. The molecule has 8 heteroatoms. The quantitative estimate of drug-likeness (QED) is 0.567. The highest BCUT2D eigenvalue weighted by Gasteiger charge is 2.18. The molecule has 5 nitrogen and oxygen atoms in total. The van der Waals surface area contributed by atoms with E-state index in [-0.39, 0.29) is 20.8 Å². The van der Waals surface area contributed by atoms with Crippen molar-refractivity contribution in [1.82, 2.24) is 0 Å². The van der Waals surface area contributed by atoms with Gasteiger partial charge in [0, 0.05) is 0 Å². The highest BCUT2D eigenvalue weighted by molar-refractivity contribution is 6.44. The van der Waals surface area contributed by atoms with Crippen molar-refractivity contribution in [3.63, 3.8) is 0 Å². The summed E-state index contributed by atoms with van der Waals surface area (Å²) in [5.74, 6) is -0.709. The molecule has 0 spiro atoms. The van der Waals surface area contributed by atoms with E-state index in [2.05, 4.69) is 5.32 Å². The number of hydrogen-bond acceptors (Lipinski definition) is 4. The molecule has 0 heterocycles. The van der Waals surface area contributed by atoms with Crippen molar-refractivity contribution in [2.45, 2.75) is 13.0 Å². The fourth-order valence-electron chi connectivity index (χ4n) is 1.81. The molecule has 2 aromatic rings. The van der Waals surface area contributed by atoms with E-state index in [1.165, 1.54) is 19.1 Å². The molecule has 0 saturated heterocycles. The Labute approximate surface area is 159 Å². The van der Waals surface area contributed by atoms with Crippen LogP contribution in [0.3, 0.4) is 0 Å². The van der Waals surface area contributed by atoms with E-state index >= 15 is 0 Å². The van der Waals surface area contributed by atoms with E-state index in [1.807, 2.05) is 6.07 Å². The SMILES string of the molecule is C[C@H](Oc1ccccc1)C(=O)OCC(=O)Nc1cc(Cl)c(Cl)cc1Cl. The molecular weight excluding hydrogens is 389 g/mol. The lowest BCUT2D eigenvalue weighted by atomic mass is 10.3. The summed E-state index contributed by atoms with van der Waals surface area (Å²) in [4.78, 5) is 23.8. The van der Waals surface area contributed by atoms with Crippen molar-refractivity contribution >= 4 is 52.4 Å². The maximum Gasteiger partial charge on any atom is 0.347 e. The third-order valence-corrected chi connectivity index (χ3v) is 4.05. The van der Waals surface area contributed by atoms with Gasteiger partial charge in [0.1, 0.15) is 5.75 Å². The fourth-order valence-corrected chi connectivity index (χ4v) is 2.40. The first-order chi connectivity index (χ1) is 11.9. The van der Waals surface area contributed by atoms with Gasteiger partial charge in [0.25, 0.3) is 5.91 Å². The van der Waals surface area contributed by atoms with E-state index in [4.69, 9.17) is 44.3 Å². The summed E-state index contributed by atoms with van der Waals surface area (Å²) in [6.07, 6.45) is -0.858. The summed E-state index contributed by atoms with van der Waals surface area (Å²) >= 11 is 17.6. The molecule has 0 aliphatic carbocycles. The molecule has 132 valence electrons. The number of para-hydroxylation sites is 1. The molecule has 0 bridgehead atoms. The topological polar surface area (TPSA) is 64.6 Å². The monoisotopic (exact) mass is 401 g/mol. The van der Waals surface area contributed by atoms with Crippen molar-refractivity contribution in [3.05, 3.63) is 57.5 Å². The first kappa shape index (κ1) is 19.4. The molecule has 25 heavy (non-hydrogen) atoms. The minimum atomic E-state index is -0.858. The Morgan fingerprint density at radius 2 is 1.68 bits per heavy atom. The molecule has 1 amide bonds. The number of amides is 1. The molecule has 1 N–H and O–H groups in total. The van der Waals surface area contributed by atoms with Crippen molar-refractivity contribution in [1.29, 1.82) is 0 Å². The van der Waals surface area contributed by atoms with Crippen LogP contribution in [-0.2, 0) is 14.3 Å². The maximum absolute atomic E-state index is 11.9. The number of ether oxygens (including phenoxy) is 2. The van der Waals surface area contributed by atoms with Crippen molar-refractivity contribution in [2.75, 3.05) is 11.9 Å². The Bertz CT molecular complexity index is 768. The first-order valence-corrected chi connectivity index (χ1v) is 8.33. The number of benzene rings is 2. The number of carbonyl (C=O) groups is 2. The lowest BCUT2D eigenvalue weighted by molar-refractivity contribution is -0.153. The van der Waals surface area contributed by atoms with Gasteiger partial charge in [-0.3, -0.25) is 4.79 Å². The Morgan fingerprint density at radius 3 is 2.36 bits per heavy atom. The van der Waals surface area contributed by atoms with Gasteiger partial charge >= 0.3 is 5.97 Å². The number of anilines is 1. The molecule has 0 saturated carbocycles. The van der Waals surface area contributed by atoms with Gasteiger partial charge in [-0.1, -0.05) is 53.0 Å². The average molecular weight is 403 g/mol. The molecule has 1 atom stereocenters. The van der Waals surface area contributed by atoms with E-state index in [0.717, 1.165) is 0 Å². The first-order valence-electron chi connectivity index (χ1n) is 7.19. The van der Waals surface area contributed by atoms with Crippen LogP contribution < -0.4 is 10.1 Å². The fraction of sp³-hybridized carbons (Fsp3) is 0.176. The molecule has 2 rings (SSSR count). The summed E-state index contributed by atoms with van der Waals surface area (Å²) in [5.41, 5.74) is 0.269. The lowest BCUT2D eigenvalue weighted by Gasteiger charge is -2.14. The molecule has 0 aliphatic rings. The summed E-state index contributed by atoms with van der Waals surface area (Å²) in [7, 11) is 0. The summed E-state index contributed by atoms with van der Waals surface area (Å²) < 4.78 is 10.3. The van der Waals surface area contributed by atoms with Gasteiger partial charge in [0.2, 0.25) is 0 Å². The number of esters is 1. The summed E-state index contributed by atoms with van der Waals surface area (Å²) in [5, 5.41) is 3.21. The zero-order valence-corrected chi connectivity index (χ0v) is 15.4. The van der Waals surface area contributed by atoms with Gasteiger partial charge in [0.05, 0.1) is 20.8 Å². The van der Waals surface area contributed by atoms with Crippen LogP contribution in [-0.4, -0.2) is 24.6 Å². The van der Waals surface area contributed by atoms with E-state index in [0.29, 0.717) is 5.75 Å². The molecule has 0 radical (unpaired) electrons. The van der Waals surface area contributed by atoms with Gasteiger partial charge in [-0.25, -0.2) is 4.79 Å². The smallest absolute Gasteiger partial charge is 0.347 e. The lowest BCUT2D eigenvalue weighted by Crippen LogP contribution is -2.29. The van der Waals surface area contributed by atoms with Gasteiger partial charge < -0.3 is 14.8 Å². The van der Waals surface area contributed by atoms with Crippen LogP contribution in [0.4, 0.5) is 5.69 Å². The largest absolute Gasteiger partial charge is 0.479 e. The molecule has 0 aromatic heterocycles. The van der Waals surface area contributed by atoms with Crippen LogP contribution in [0.5, 0.6) is 5.75 Å². The van der Waals surface area contributed by atoms with Crippen molar-refractivity contribution in [3.8, 4) is 5.75 Å². The maximum atomic E-state index is 11.9. The Kier molecular flexibility index (Phi) is 6.93. The third-order valence-electron chi connectivity index (χ3n) is 3.02. The van der Waals surface area contributed by atoms with Crippen LogP contribution in [0.2, 0.25) is 15.1 Å². The van der Waals surface area contributed by atoms with Crippen LogP contribution >= 0.6 is 34.8 Å². The van der Waals surface area contributed by atoms with Gasteiger partial charge in [-0.15, -0.1) is 0 Å². The van der Waals surface area contributed by atoms with Crippen LogP contribution in [0, 0.1) is 0 Å². The zero-order valence-electron chi connectivity index (χ0n) is 13.1. The van der Waals surface area contributed by atoms with E-state index in [1.54, 1.807) is 24.3 Å². The number of rotatable bonds is 6. The van der Waals surface area contributed by atoms with Crippen LogP contribution in [0.1, 0.15) is 6.92 Å². The molecule has 0 unspecified atom stereocenters. The number of nitrogens with one attached hydrogen (secondary N) is 1. The van der Waals surface area contributed by atoms with Crippen LogP contribution in [0.25, 0.3) is 0 Å². The normalized spacial score (nSPS) is 11.5. The van der Waals surface area contributed by atoms with Gasteiger partial charge in [0.15, 0.2) is 12.7 Å². The second-order valence-electron chi connectivity index (χ2n) is 4.98. The Morgan fingerprint density at radius 1 is 1.04 bits per heavy atom. The summed E-state index contributed by atoms with van der Waals surface area (Å²) in [6.45, 7) is 1.04. The molecule has 2 aromatic carbocycles. The van der Waals surface area contributed by atoms with E-state index in [9.17, 15) is 9.59 Å². The second-order valence-corrected chi connectivity index (χ2v) is 6.20. The number of carbonyl (C=O) groups excluding carboxylic acids is 2. The zero-order chi connectivity index (χ0) is 18.4. The predicted octanol–water partition coefficient (Wildman–Crippen LogP) is 4.60. The van der Waals surface area contributed by atoms with Crippen molar-refractivity contribution < 1.29 is 19.1 Å². The van der Waals surface area contributed by atoms with Gasteiger partial charge in [-0.2, -0.15) is 0 Å². The molecular formula is C17H14Cl3NO4. The van der Waals surface area contributed by atoms with Crippen molar-refractivity contribution in [2.24, 2.45) is 0 Å². The standard InChI is InChI=1S/C17H14Cl3NO4/c1-10(25-11-5-3-2-4-6-11)17(23)24-9-16(22)21-15-8-13(19)12(18)7-14(15)20/h2-8,10H,9H2,1H3,(H,21,22)/t10-/m0/s1. The highest BCUT2D eigenvalue weighted by atomic mass is 35.5. The minimum Gasteiger partial charge on any atom is -0.479 e. The van der Waals surface area contributed by atoms with Gasteiger partial charge in [-0.05, 0) is 31.2 Å². The number of halogens is 3. The molecule has 0 fully saturated rings. The summed E-state index contributed by atoms with van der Waals surface area (Å²) in [6, 6.07) is 11.6. The minimum absolute atomic E-state index is 0.217. The van der Waals surface area contributed by atoms with E-state index < -0.39 is 24.6 Å². The third kappa shape index (κ3) is 5.81. The number of hydrogen-bond donors (Lipinski definition) is 1. The Hall–Kier alpha value is -1.95. The predicted molar refractivity (Wildman–Crippen MR) is 97.6 cm³/mol. The van der Waals surface area contributed by atoms with Crippen LogP contribution in [0.15, 0.2) is 42.5 Å².